The Balaban J connectivity index is 1.70. The number of hydrogen-bond donors (Lipinski definition) is 2. The number of nitrogens with zero attached hydrogens (tertiary/aromatic N) is 2. The third-order valence-electron chi connectivity index (χ3n) is 6.20. The lowest BCUT2D eigenvalue weighted by atomic mass is 9.70. The van der Waals surface area contributed by atoms with Crippen LogP contribution in [0.1, 0.15) is 66.2 Å². The van der Waals surface area contributed by atoms with Gasteiger partial charge in [-0.25, -0.2) is 38.9 Å². The van der Waals surface area contributed by atoms with Crippen LogP contribution < -0.4 is 10.6 Å². The molecule has 4 atom stereocenters. The van der Waals surface area contributed by atoms with E-state index in [1.54, 1.807) is 12.2 Å². The number of isocyanates is 2. The number of amides is 2. The van der Waals surface area contributed by atoms with Crippen LogP contribution >= 0.6 is 0 Å². The smallest absolute Gasteiger partial charge is 0.318 e. The van der Waals surface area contributed by atoms with Crippen LogP contribution in [0.3, 0.4) is 0 Å². The summed E-state index contributed by atoms with van der Waals surface area (Å²) < 4.78 is 0. The van der Waals surface area contributed by atoms with Crippen molar-refractivity contribution in [2.45, 2.75) is 78.3 Å². The van der Waals surface area contributed by atoms with Crippen molar-refractivity contribution in [3.05, 3.63) is 0 Å². The fourth-order valence-corrected chi connectivity index (χ4v) is 5.35. The molecule has 0 bridgehead atoms. The highest BCUT2D eigenvalue weighted by atomic mass is 17.2. The third-order valence-corrected chi connectivity index (χ3v) is 6.20. The summed E-state index contributed by atoms with van der Waals surface area (Å²) in [7, 11) is 0. The maximum absolute atomic E-state index is 11.9. The predicted molar refractivity (Wildman–Crippen MR) is 115 cm³/mol. The molecule has 2 N–H and O–H groups in total. The fraction of sp³-hybridized carbons (Fsp3) is 0.818. The molecule has 2 saturated carbocycles. The third kappa shape index (κ3) is 8.81. The van der Waals surface area contributed by atoms with E-state index in [1.807, 2.05) is 0 Å². The summed E-state index contributed by atoms with van der Waals surface area (Å²) in [6.07, 6.45) is 6.19. The van der Waals surface area contributed by atoms with E-state index in [4.69, 9.17) is 0 Å². The number of carbonyl (C=O) groups excluding carboxylic acids is 4. The summed E-state index contributed by atoms with van der Waals surface area (Å²) in [5, 5.41) is 5.18. The zero-order valence-electron chi connectivity index (χ0n) is 19.3. The zero-order chi connectivity index (χ0) is 23.8. The van der Waals surface area contributed by atoms with Gasteiger partial charge in [0.2, 0.25) is 12.2 Å². The molecule has 2 amide bonds. The number of nitrogens with one attached hydrogen (secondary N) is 2. The average molecular weight is 451 g/mol. The van der Waals surface area contributed by atoms with Crippen LogP contribution in [0.4, 0.5) is 9.59 Å². The topological polar surface area (TPSA) is 136 Å². The van der Waals surface area contributed by atoms with Crippen molar-refractivity contribution in [2.24, 2.45) is 32.7 Å². The lowest BCUT2D eigenvalue weighted by Gasteiger charge is -2.38. The molecule has 10 nitrogen and oxygen atoms in total. The molecular weight excluding hydrogens is 416 g/mol. The van der Waals surface area contributed by atoms with Gasteiger partial charge in [0.05, 0.1) is 12.1 Å². The monoisotopic (exact) mass is 450 g/mol. The van der Waals surface area contributed by atoms with Crippen molar-refractivity contribution in [3.8, 4) is 0 Å². The maximum atomic E-state index is 11.9. The van der Waals surface area contributed by atoms with E-state index in [0.29, 0.717) is 25.9 Å². The zero-order valence-corrected chi connectivity index (χ0v) is 19.3. The van der Waals surface area contributed by atoms with E-state index in [2.05, 4.69) is 58.1 Å². The first-order valence-electron chi connectivity index (χ1n) is 11.1. The Morgan fingerprint density at radius 1 is 0.781 bits per heavy atom. The van der Waals surface area contributed by atoms with Crippen molar-refractivity contribution < 1.29 is 29.0 Å². The van der Waals surface area contributed by atoms with Gasteiger partial charge in [0, 0.05) is 13.1 Å². The van der Waals surface area contributed by atoms with Crippen LogP contribution in [0.25, 0.3) is 0 Å². The quantitative estimate of drug-likeness (QED) is 0.275. The molecule has 0 radical (unpaired) electrons. The second-order valence-electron chi connectivity index (χ2n) is 10.6. The summed E-state index contributed by atoms with van der Waals surface area (Å²) in [4.78, 5) is 61.7. The number of aliphatic imine (C=N–C) groups is 2. The van der Waals surface area contributed by atoms with Crippen molar-refractivity contribution in [3.63, 3.8) is 0 Å². The van der Waals surface area contributed by atoms with Crippen LogP contribution in [-0.2, 0) is 19.4 Å². The molecule has 0 aromatic heterocycles. The van der Waals surface area contributed by atoms with Gasteiger partial charge in [-0.15, -0.1) is 0 Å². The molecule has 32 heavy (non-hydrogen) atoms. The minimum absolute atomic E-state index is 0.000369. The van der Waals surface area contributed by atoms with Crippen LogP contribution in [0.5, 0.6) is 0 Å². The largest absolute Gasteiger partial charge is 0.450 e. The molecule has 2 rings (SSSR count). The first kappa shape index (κ1) is 25.6. The molecule has 2 aliphatic carbocycles. The molecule has 0 aliphatic heterocycles. The molecule has 2 fully saturated rings. The van der Waals surface area contributed by atoms with Gasteiger partial charge in [0.1, 0.15) is 0 Å². The van der Waals surface area contributed by atoms with Crippen LogP contribution in [0.15, 0.2) is 9.98 Å². The summed E-state index contributed by atoms with van der Waals surface area (Å²) >= 11 is 0. The number of rotatable bonds is 6. The van der Waals surface area contributed by atoms with Gasteiger partial charge >= 0.3 is 12.2 Å². The van der Waals surface area contributed by atoms with E-state index in [1.165, 1.54) is 0 Å². The number of hydrogen-bond acceptors (Lipinski definition) is 8. The molecule has 0 spiro atoms. The SMILES string of the molecule is CC1(C)CC(CNC(=O)OOC(=O)NCC2CC(N=C=O)CC(C)(C)C2)CC(N=C=O)C1. The first-order valence-corrected chi connectivity index (χ1v) is 11.1. The second-order valence-corrected chi connectivity index (χ2v) is 10.6. The highest BCUT2D eigenvalue weighted by Crippen LogP contribution is 2.40. The molecular formula is C22H34N4O6. The summed E-state index contributed by atoms with van der Waals surface area (Å²) in [6, 6.07) is -0.217. The van der Waals surface area contributed by atoms with Gasteiger partial charge in [-0.2, -0.15) is 0 Å². The van der Waals surface area contributed by atoms with Crippen LogP contribution in [-0.4, -0.2) is 49.5 Å². The Kier molecular flexibility index (Phi) is 8.99. The molecule has 178 valence electrons. The standard InChI is InChI=1S/C22H34N4O6/c1-21(2)7-15(5-17(9-21)25-13-27)11-23-19(29)31-32-20(30)24-12-16-6-18(26-14-28)10-22(3,4)8-16/h15-18H,5-12H2,1-4H3,(H,23,29)(H,24,30). The molecule has 0 aromatic carbocycles. The second kappa shape index (κ2) is 11.2. The molecule has 4 unspecified atom stereocenters. The molecule has 2 aliphatic rings. The Labute approximate surface area is 188 Å². The van der Waals surface area contributed by atoms with E-state index >= 15 is 0 Å². The molecule has 0 saturated heterocycles. The van der Waals surface area contributed by atoms with Gasteiger partial charge in [-0.1, -0.05) is 27.7 Å². The van der Waals surface area contributed by atoms with Crippen LogP contribution in [0.2, 0.25) is 0 Å². The summed E-state index contributed by atoms with van der Waals surface area (Å²) in [5.41, 5.74) is -0.000737. The Hall–Kier alpha value is -2.70. The van der Waals surface area contributed by atoms with Crippen molar-refractivity contribution in [2.75, 3.05) is 13.1 Å². The summed E-state index contributed by atoms with van der Waals surface area (Å²) in [5.74, 6) is 0.248. The van der Waals surface area contributed by atoms with E-state index in [9.17, 15) is 19.2 Å². The minimum Gasteiger partial charge on any atom is -0.318 e. The normalized spacial score (nSPS) is 28.2. The van der Waals surface area contributed by atoms with Gasteiger partial charge in [0.15, 0.2) is 0 Å². The highest BCUT2D eigenvalue weighted by molar-refractivity contribution is 5.70. The predicted octanol–water partition coefficient (Wildman–Crippen LogP) is 3.42. The molecule has 0 heterocycles. The highest BCUT2D eigenvalue weighted by Gasteiger charge is 2.35. The van der Waals surface area contributed by atoms with E-state index in [-0.39, 0.29) is 34.7 Å². The summed E-state index contributed by atoms with van der Waals surface area (Å²) in [6.45, 7) is 9.04. The fourth-order valence-electron chi connectivity index (χ4n) is 5.35. The van der Waals surface area contributed by atoms with Crippen molar-refractivity contribution in [1.82, 2.24) is 10.6 Å². The first-order chi connectivity index (χ1) is 15.0. The average Bonchev–Trinajstić information content (AvgIpc) is 2.67. The maximum Gasteiger partial charge on any atom is 0.450 e. The molecule has 0 aromatic rings. The van der Waals surface area contributed by atoms with Gasteiger partial charge in [-0.3, -0.25) is 0 Å². The Bertz CT molecular complexity index is 706. The van der Waals surface area contributed by atoms with E-state index < -0.39 is 12.2 Å². The minimum atomic E-state index is -0.863. The lowest BCUT2D eigenvalue weighted by Crippen LogP contribution is -2.40. The van der Waals surface area contributed by atoms with Crippen molar-refractivity contribution in [1.29, 1.82) is 0 Å². The van der Waals surface area contributed by atoms with E-state index in [0.717, 1.165) is 25.7 Å². The molecule has 10 heteroatoms. The van der Waals surface area contributed by atoms with Gasteiger partial charge < -0.3 is 10.6 Å². The number of carbonyl (C=O) groups is 2. The Morgan fingerprint density at radius 2 is 1.16 bits per heavy atom. The van der Waals surface area contributed by atoms with Crippen molar-refractivity contribution >= 4 is 24.3 Å². The van der Waals surface area contributed by atoms with Gasteiger partial charge in [0.25, 0.3) is 0 Å². The lowest BCUT2D eigenvalue weighted by molar-refractivity contribution is -0.179. The van der Waals surface area contributed by atoms with Crippen LogP contribution in [0, 0.1) is 22.7 Å². The Morgan fingerprint density at radius 3 is 1.50 bits per heavy atom. The van der Waals surface area contributed by atoms with Gasteiger partial charge in [-0.05, 0) is 61.2 Å².